The van der Waals surface area contributed by atoms with Gasteiger partial charge in [-0.1, -0.05) is 19.0 Å². The summed E-state index contributed by atoms with van der Waals surface area (Å²) in [6.45, 7) is 3.70. The highest BCUT2D eigenvalue weighted by atomic mass is 16.5. The molecule has 0 bridgehead atoms. The number of carbonyl (C=O) groups is 1. The van der Waals surface area contributed by atoms with Crippen LogP contribution in [0.4, 0.5) is 0 Å². The average molecular weight is 276 g/mol. The van der Waals surface area contributed by atoms with Crippen LogP contribution in [0.5, 0.6) is 5.75 Å². The molecule has 20 heavy (non-hydrogen) atoms. The van der Waals surface area contributed by atoms with Crippen LogP contribution in [-0.4, -0.2) is 27.3 Å². The van der Waals surface area contributed by atoms with E-state index in [2.05, 4.69) is 10.1 Å². The van der Waals surface area contributed by atoms with E-state index in [1.54, 1.807) is 31.2 Å². The number of ether oxygens (including phenoxy) is 1. The van der Waals surface area contributed by atoms with Crippen molar-refractivity contribution in [3.05, 3.63) is 30.2 Å². The molecular weight excluding hydrogens is 260 g/mol. The van der Waals surface area contributed by atoms with Crippen molar-refractivity contribution in [1.82, 2.24) is 10.1 Å². The second-order valence-electron chi connectivity index (χ2n) is 4.24. The molecule has 1 unspecified atom stereocenters. The summed E-state index contributed by atoms with van der Waals surface area (Å²) >= 11 is 0. The monoisotopic (exact) mass is 276 g/mol. The number of aromatic nitrogens is 2. The fourth-order valence-corrected chi connectivity index (χ4v) is 1.67. The third-order valence-electron chi connectivity index (χ3n) is 2.81. The highest BCUT2D eigenvalue weighted by molar-refractivity contribution is 5.72. The molecule has 0 saturated carbocycles. The van der Waals surface area contributed by atoms with Gasteiger partial charge in [-0.2, -0.15) is 4.98 Å². The lowest BCUT2D eigenvalue weighted by molar-refractivity contribution is -0.145. The molecule has 6 heteroatoms. The van der Waals surface area contributed by atoms with Crippen molar-refractivity contribution < 1.29 is 19.2 Å². The van der Waals surface area contributed by atoms with E-state index < -0.39 is 12.1 Å². The Labute approximate surface area is 116 Å². The van der Waals surface area contributed by atoms with Gasteiger partial charge in [0.05, 0.1) is 0 Å². The Hall–Kier alpha value is -2.37. The van der Waals surface area contributed by atoms with Crippen molar-refractivity contribution in [3.8, 4) is 17.1 Å². The van der Waals surface area contributed by atoms with Gasteiger partial charge in [0.25, 0.3) is 0 Å². The van der Waals surface area contributed by atoms with Crippen molar-refractivity contribution in [2.24, 2.45) is 0 Å². The van der Waals surface area contributed by atoms with E-state index >= 15 is 0 Å². The number of carboxylic acid groups (broad SMARTS) is 1. The Kier molecular flexibility index (Phi) is 4.34. The first kappa shape index (κ1) is 14.0. The zero-order chi connectivity index (χ0) is 14.5. The molecule has 6 nitrogen and oxygen atoms in total. The van der Waals surface area contributed by atoms with Crippen molar-refractivity contribution >= 4 is 5.97 Å². The summed E-state index contributed by atoms with van der Waals surface area (Å²) in [5.74, 6) is 0.625. The topological polar surface area (TPSA) is 85.5 Å². The smallest absolute Gasteiger partial charge is 0.344 e. The summed E-state index contributed by atoms with van der Waals surface area (Å²) in [6.07, 6.45) is 0.255. The highest BCUT2D eigenvalue weighted by Gasteiger charge is 2.16. The van der Waals surface area contributed by atoms with Gasteiger partial charge in [0.2, 0.25) is 11.7 Å². The maximum absolute atomic E-state index is 10.9. The number of rotatable bonds is 6. The third kappa shape index (κ3) is 3.14. The summed E-state index contributed by atoms with van der Waals surface area (Å²) in [4.78, 5) is 15.1. The van der Waals surface area contributed by atoms with E-state index in [-0.39, 0.29) is 0 Å². The molecule has 1 aromatic heterocycles. The Balaban J connectivity index is 2.11. The van der Waals surface area contributed by atoms with Crippen LogP contribution in [0.1, 0.15) is 26.2 Å². The lowest BCUT2D eigenvalue weighted by Crippen LogP contribution is -2.25. The maximum Gasteiger partial charge on any atom is 0.344 e. The number of hydrogen-bond donors (Lipinski definition) is 1. The molecule has 0 fully saturated rings. The number of hydrogen-bond acceptors (Lipinski definition) is 5. The van der Waals surface area contributed by atoms with Crippen molar-refractivity contribution in [1.29, 1.82) is 0 Å². The molecule has 0 radical (unpaired) electrons. The molecule has 0 amide bonds. The number of benzene rings is 1. The summed E-state index contributed by atoms with van der Waals surface area (Å²) in [7, 11) is 0. The van der Waals surface area contributed by atoms with Crippen LogP contribution >= 0.6 is 0 Å². The first-order chi connectivity index (χ1) is 9.63. The molecule has 0 saturated heterocycles. The molecule has 1 N–H and O–H groups in total. The Bertz CT molecular complexity index is 577. The zero-order valence-electron chi connectivity index (χ0n) is 11.4. The molecule has 0 spiro atoms. The minimum atomic E-state index is -0.970. The molecule has 106 valence electrons. The van der Waals surface area contributed by atoms with Gasteiger partial charge in [-0.3, -0.25) is 0 Å². The van der Waals surface area contributed by atoms with E-state index in [9.17, 15) is 4.79 Å². The standard InChI is InChI=1S/C14H16N2O4/c1-3-11(14(17)18)19-10-7-5-9(6-8-10)13-15-12(4-2)20-16-13/h5-8,11H,3-4H2,1-2H3,(H,17,18). The number of aryl methyl sites for hydroxylation is 1. The molecule has 0 aliphatic rings. The molecular formula is C14H16N2O4. The predicted molar refractivity (Wildman–Crippen MR) is 71.5 cm³/mol. The van der Waals surface area contributed by atoms with Crippen LogP contribution in [0.3, 0.4) is 0 Å². The van der Waals surface area contributed by atoms with Gasteiger partial charge >= 0.3 is 5.97 Å². The lowest BCUT2D eigenvalue weighted by Gasteiger charge is -2.12. The second kappa shape index (κ2) is 6.18. The largest absolute Gasteiger partial charge is 0.479 e. The highest BCUT2D eigenvalue weighted by Crippen LogP contribution is 2.21. The fourth-order valence-electron chi connectivity index (χ4n) is 1.67. The molecule has 1 aromatic carbocycles. The summed E-state index contributed by atoms with van der Waals surface area (Å²) in [5, 5.41) is 12.8. The molecule has 0 aliphatic carbocycles. The van der Waals surface area contributed by atoms with Crippen LogP contribution < -0.4 is 4.74 Å². The third-order valence-corrected chi connectivity index (χ3v) is 2.81. The number of aliphatic carboxylic acids is 1. The number of carboxylic acids is 1. The first-order valence-electron chi connectivity index (χ1n) is 6.46. The van der Waals surface area contributed by atoms with E-state index in [1.807, 2.05) is 6.92 Å². The van der Waals surface area contributed by atoms with Crippen molar-refractivity contribution in [3.63, 3.8) is 0 Å². The Morgan fingerprint density at radius 1 is 1.35 bits per heavy atom. The van der Waals surface area contributed by atoms with E-state index in [4.69, 9.17) is 14.4 Å². The molecule has 2 aromatic rings. The van der Waals surface area contributed by atoms with Gasteiger partial charge in [-0.05, 0) is 30.7 Å². The zero-order valence-corrected chi connectivity index (χ0v) is 11.4. The summed E-state index contributed by atoms with van der Waals surface area (Å²) in [5.41, 5.74) is 0.796. The van der Waals surface area contributed by atoms with Crippen LogP contribution in [0.15, 0.2) is 28.8 Å². The lowest BCUT2D eigenvalue weighted by atomic mass is 10.2. The maximum atomic E-state index is 10.9. The fraction of sp³-hybridized carbons (Fsp3) is 0.357. The van der Waals surface area contributed by atoms with Crippen LogP contribution in [-0.2, 0) is 11.2 Å². The van der Waals surface area contributed by atoms with Gasteiger partial charge < -0.3 is 14.4 Å². The Morgan fingerprint density at radius 3 is 2.55 bits per heavy atom. The number of nitrogens with zero attached hydrogens (tertiary/aromatic N) is 2. The van der Waals surface area contributed by atoms with Crippen LogP contribution in [0, 0.1) is 0 Å². The molecule has 1 heterocycles. The second-order valence-corrected chi connectivity index (χ2v) is 4.24. The molecule has 1 atom stereocenters. The van der Waals surface area contributed by atoms with Gasteiger partial charge in [-0.15, -0.1) is 0 Å². The summed E-state index contributed by atoms with van der Waals surface area (Å²) in [6, 6.07) is 6.94. The quantitative estimate of drug-likeness (QED) is 0.872. The predicted octanol–water partition coefficient (Wildman–Crippen LogP) is 2.54. The SMILES string of the molecule is CCc1nc(-c2ccc(OC(CC)C(=O)O)cc2)no1. The minimum Gasteiger partial charge on any atom is -0.479 e. The van der Waals surface area contributed by atoms with Gasteiger partial charge in [-0.25, -0.2) is 4.79 Å². The van der Waals surface area contributed by atoms with E-state index in [1.165, 1.54) is 0 Å². The van der Waals surface area contributed by atoms with Gasteiger partial charge in [0, 0.05) is 12.0 Å². The normalized spacial score (nSPS) is 12.1. The minimum absolute atomic E-state index is 0.405. The first-order valence-corrected chi connectivity index (χ1v) is 6.46. The average Bonchev–Trinajstić information content (AvgIpc) is 2.94. The van der Waals surface area contributed by atoms with Crippen molar-refractivity contribution in [2.75, 3.05) is 0 Å². The molecule has 2 rings (SSSR count). The molecule has 0 aliphatic heterocycles. The van der Waals surface area contributed by atoms with Gasteiger partial charge in [0.15, 0.2) is 6.10 Å². The van der Waals surface area contributed by atoms with Crippen LogP contribution in [0.2, 0.25) is 0 Å². The summed E-state index contributed by atoms with van der Waals surface area (Å²) < 4.78 is 10.4. The van der Waals surface area contributed by atoms with E-state index in [0.717, 1.165) is 5.56 Å². The van der Waals surface area contributed by atoms with E-state index in [0.29, 0.717) is 30.3 Å². The Morgan fingerprint density at radius 2 is 2.05 bits per heavy atom. The van der Waals surface area contributed by atoms with Gasteiger partial charge in [0.1, 0.15) is 5.75 Å². The van der Waals surface area contributed by atoms with Crippen LogP contribution in [0.25, 0.3) is 11.4 Å². The van der Waals surface area contributed by atoms with Crippen molar-refractivity contribution in [2.45, 2.75) is 32.8 Å².